The Bertz CT molecular complexity index is 3960. The minimum atomic E-state index is -0.335. The van der Waals surface area contributed by atoms with Gasteiger partial charge in [-0.1, -0.05) is 137 Å². The molecule has 0 saturated heterocycles. The van der Waals surface area contributed by atoms with Gasteiger partial charge in [0.25, 0.3) is 0 Å². The van der Waals surface area contributed by atoms with Crippen molar-refractivity contribution in [2.24, 2.45) is 0 Å². The quantitative estimate of drug-likeness (QED) is 0.178. The fraction of sp³-hybridized carbons (Fsp3) is 0.100. The molecule has 12 aromatic rings. The molecule has 3 heteroatoms. The van der Waals surface area contributed by atoms with E-state index in [9.17, 15) is 0 Å². The molecule has 3 nitrogen and oxygen atoms in total. The van der Waals surface area contributed by atoms with Gasteiger partial charge in [-0.3, -0.25) is 0 Å². The molecule has 3 heterocycles. The molecule has 63 heavy (non-hydrogen) atoms. The van der Waals surface area contributed by atoms with Crippen LogP contribution >= 0.6 is 0 Å². The molecule has 0 spiro atoms. The van der Waals surface area contributed by atoms with Crippen molar-refractivity contribution in [1.82, 2.24) is 0 Å². The minimum absolute atomic E-state index is 0.301. The van der Waals surface area contributed by atoms with Crippen LogP contribution in [0.2, 0.25) is 0 Å². The molecular formula is C60H40O3. The van der Waals surface area contributed by atoms with Gasteiger partial charge in [0.05, 0.1) is 0 Å². The first-order valence-electron chi connectivity index (χ1n) is 22.0. The van der Waals surface area contributed by atoms with E-state index in [1.54, 1.807) is 0 Å². The molecule has 0 radical (unpaired) electrons. The highest BCUT2D eigenvalue weighted by molar-refractivity contribution is 6.19. The topological polar surface area (TPSA) is 39.4 Å². The smallest absolute Gasteiger partial charge is 0.144 e. The Morgan fingerprint density at radius 2 is 0.810 bits per heavy atom. The van der Waals surface area contributed by atoms with Crippen molar-refractivity contribution in [1.29, 1.82) is 0 Å². The number of hydrogen-bond acceptors (Lipinski definition) is 3. The van der Waals surface area contributed by atoms with Gasteiger partial charge in [-0.25, -0.2) is 0 Å². The lowest BCUT2D eigenvalue weighted by Gasteiger charge is -2.31. The number of benzene rings is 9. The summed E-state index contributed by atoms with van der Waals surface area (Å²) in [6.07, 6.45) is 0. The first kappa shape index (κ1) is 35.0. The Balaban J connectivity index is 0.995. The third kappa shape index (κ3) is 4.59. The zero-order valence-electron chi connectivity index (χ0n) is 35.4. The normalized spacial score (nSPS) is 14.6. The predicted molar refractivity (Wildman–Crippen MR) is 260 cm³/mol. The van der Waals surface area contributed by atoms with Crippen molar-refractivity contribution in [2.45, 2.75) is 38.5 Å². The van der Waals surface area contributed by atoms with Gasteiger partial charge in [0.15, 0.2) is 0 Å². The van der Waals surface area contributed by atoms with E-state index in [1.165, 1.54) is 61.2 Å². The van der Waals surface area contributed by atoms with Crippen LogP contribution in [0, 0.1) is 0 Å². The van der Waals surface area contributed by atoms with E-state index in [-0.39, 0.29) is 10.8 Å². The molecule has 0 aliphatic heterocycles. The monoisotopic (exact) mass is 808 g/mol. The second-order valence-electron chi connectivity index (χ2n) is 18.7. The minimum Gasteiger partial charge on any atom is -0.456 e. The molecule has 2 aliphatic rings. The standard InChI is InChI=1S/C60H40O3/c1-59(2)47-31-44(34-22-24-38-36-16-8-11-19-49(36)61-52(38)28-34)43(33-14-6-5-7-15-33)30-46(47)40-26-27-42-55-48(60(3,4)57(42)56(40)59)32-45(54-41-18-10-13-21-51(41)63-58(54)55)35-23-25-39-37-17-9-12-20-50(37)62-53(39)29-35/h5-32H,1-4H3. The second kappa shape index (κ2) is 12.1. The highest BCUT2D eigenvalue weighted by Crippen LogP contribution is 2.62. The molecule has 298 valence electrons. The molecule has 0 saturated carbocycles. The first-order chi connectivity index (χ1) is 30.7. The van der Waals surface area contributed by atoms with Gasteiger partial charge in [0.2, 0.25) is 0 Å². The Kier molecular flexibility index (Phi) is 6.70. The molecule has 3 aromatic heterocycles. The zero-order chi connectivity index (χ0) is 41.9. The summed E-state index contributed by atoms with van der Waals surface area (Å²) in [5.74, 6) is 0. The predicted octanol–water partition coefficient (Wildman–Crippen LogP) is 17.0. The lowest BCUT2D eigenvalue weighted by atomic mass is 9.72. The Morgan fingerprint density at radius 3 is 1.48 bits per heavy atom. The van der Waals surface area contributed by atoms with Crippen LogP contribution in [0.4, 0.5) is 0 Å². The molecule has 0 amide bonds. The van der Waals surface area contributed by atoms with Gasteiger partial charge >= 0.3 is 0 Å². The largest absolute Gasteiger partial charge is 0.456 e. The van der Waals surface area contributed by atoms with Crippen molar-refractivity contribution < 1.29 is 13.3 Å². The lowest BCUT2D eigenvalue weighted by molar-refractivity contribution is 0.601. The van der Waals surface area contributed by atoms with E-state index >= 15 is 0 Å². The highest BCUT2D eigenvalue weighted by Gasteiger charge is 2.47. The van der Waals surface area contributed by atoms with Crippen LogP contribution in [0.3, 0.4) is 0 Å². The summed E-state index contributed by atoms with van der Waals surface area (Å²) in [5, 5.41) is 6.81. The Labute approximate surface area is 363 Å². The van der Waals surface area contributed by atoms with Crippen LogP contribution in [0.25, 0.3) is 121 Å². The molecule has 0 atom stereocenters. The summed E-state index contributed by atoms with van der Waals surface area (Å²) in [5.41, 5.74) is 22.3. The van der Waals surface area contributed by atoms with Gasteiger partial charge in [-0.15, -0.1) is 0 Å². The van der Waals surface area contributed by atoms with Crippen LogP contribution in [-0.2, 0) is 10.8 Å². The SMILES string of the molecule is CC1(C)c2cc(-c3ccc4c(c3)oc3ccccc34)c(-c3ccccc3)cc2-c2ccc3c(c21)C(C)(C)c1cc(-c2ccc4c(c2)oc2ccccc24)c2c(oc4ccccc42)c1-3. The molecule has 2 aliphatic carbocycles. The van der Waals surface area contributed by atoms with Crippen LogP contribution in [0.5, 0.6) is 0 Å². The summed E-state index contributed by atoms with van der Waals surface area (Å²) in [6, 6.07) is 61.6. The third-order valence-electron chi connectivity index (χ3n) is 14.6. The van der Waals surface area contributed by atoms with Crippen molar-refractivity contribution in [3.8, 4) is 55.6 Å². The molecule has 14 rings (SSSR count). The third-order valence-corrected chi connectivity index (χ3v) is 14.6. The van der Waals surface area contributed by atoms with Gasteiger partial charge in [0, 0.05) is 48.7 Å². The molecule has 0 fully saturated rings. The summed E-state index contributed by atoms with van der Waals surface area (Å²) >= 11 is 0. The first-order valence-corrected chi connectivity index (χ1v) is 22.0. The van der Waals surface area contributed by atoms with Crippen molar-refractivity contribution in [3.63, 3.8) is 0 Å². The number of furan rings is 3. The van der Waals surface area contributed by atoms with Crippen LogP contribution < -0.4 is 0 Å². The van der Waals surface area contributed by atoms with Gasteiger partial charge < -0.3 is 13.3 Å². The number of para-hydroxylation sites is 3. The van der Waals surface area contributed by atoms with Crippen molar-refractivity contribution in [3.05, 3.63) is 192 Å². The van der Waals surface area contributed by atoms with Crippen molar-refractivity contribution >= 4 is 65.8 Å². The number of hydrogen-bond donors (Lipinski definition) is 0. The second-order valence-corrected chi connectivity index (χ2v) is 18.7. The van der Waals surface area contributed by atoms with E-state index in [4.69, 9.17) is 13.3 Å². The van der Waals surface area contributed by atoms with E-state index < -0.39 is 0 Å². The van der Waals surface area contributed by atoms with E-state index in [2.05, 4.69) is 185 Å². The van der Waals surface area contributed by atoms with Crippen LogP contribution in [-0.4, -0.2) is 0 Å². The number of rotatable bonds is 3. The average Bonchev–Trinajstić information content (AvgIpc) is 4.09. The Morgan fingerprint density at radius 1 is 0.317 bits per heavy atom. The maximum atomic E-state index is 7.02. The van der Waals surface area contributed by atoms with E-state index in [0.717, 1.165) is 82.5 Å². The fourth-order valence-electron chi connectivity index (χ4n) is 11.7. The van der Waals surface area contributed by atoms with Gasteiger partial charge in [-0.05, 0) is 133 Å². The summed E-state index contributed by atoms with van der Waals surface area (Å²) in [4.78, 5) is 0. The fourth-order valence-corrected chi connectivity index (χ4v) is 11.7. The molecule has 0 unspecified atom stereocenters. The van der Waals surface area contributed by atoms with Gasteiger partial charge in [-0.2, -0.15) is 0 Å². The molecule has 0 bridgehead atoms. The maximum Gasteiger partial charge on any atom is 0.144 e. The number of fused-ring (bicyclic) bond motifs is 17. The van der Waals surface area contributed by atoms with E-state index in [0.29, 0.717) is 0 Å². The zero-order valence-corrected chi connectivity index (χ0v) is 35.4. The summed E-state index contributed by atoms with van der Waals surface area (Å²) in [7, 11) is 0. The van der Waals surface area contributed by atoms with E-state index in [1.807, 2.05) is 12.1 Å². The maximum absolute atomic E-state index is 7.02. The molecular weight excluding hydrogens is 769 g/mol. The van der Waals surface area contributed by atoms with Gasteiger partial charge in [0.1, 0.15) is 33.5 Å². The van der Waals surface area contributed by atoms with Crippen LogP contribution in [0.15, 0.2) is 183 Å². The highest BCUT2D eigenvalue weighted by atomic mass is 16.3. The molecule has 9 aromatic carbocycles. The lowest BCUT2D eigenvalue weighted by Crippen LogP contribution is -2.24. The van der Waals surface area contributed by atoms with Crippen LogP contribution in [0.1, 0.15) is 49.9 Å². The molecule has 0 N–H and O–H groups in total. The summed E-state index contributed by atoms with van der Waals surface area (Å²) in [6.45, 7) is 9.69. The van der Waals surface area contributed by atoms with Crippen molar-refractivity contribution in [2.75, 3.05) is 0 Å². The Hall–Kier alpha value is -7.62. The average molecular weight is 809 g/mol. The summed E-state index contributed by atoms with van der Waals surface area (Å²) < 4.78 is 19.9.